The molecule has 0 aromatic heterocycles. The van der Waals surface area contributed by atoms with E-state index in [-0.39, 0.29) is 0 Å². The van der Waals surface area contributed by atoms with Gasteiger partial charge in [0, 0.05) is 12.6 Å². The van der Waals surface area contributed by atoms with Crippen LogP contribution in [-0.2, 0) is 0 Å². The summed E-state index contributed by atoms with van der Waals surface area (Å²) in [6, 6.07) is 0. The molecule has 1 rings (SSSR count). The molecule has 1 aliphatic rings. The predicted octanol–water partition coefficient (Wildman–Crippen LogP) is 1.78. The van der Waals surface area contributed by atoms with Crippen molar-refractivity contribution in [2.24, 2.45) is 10.2 Å². The number of hydrogen-bond donors (Lipinski definition) is 0. The Kier molecular flexibility index (Phi) is 1.78. The average molecular weight is 122 g/mol. The lowest BCUT2D eigenvalue weighted by Crippen LogP contribution is -1.82. The third kappa shape index (κ3) is 1.49. The van der Waals surface area contributed by atoms with E-state index in [1.165, 1.54) is 11.1 Å². The van der Waals surface area contributed by atoms with Gasteiger partial charge in [0.05, 0.1) is 6.21 Å². The molecule has 2 heteroatoms. The van der Waals surface area contributed by atoms with Crippen molar-refractivity contribution in [3.63, 3.8) is 0 Å². The van der Waals surface area contributed by atoms with E-state index in [2.05, 4.69) is 17.1 Å². The summed E-state index contributed by atoms with van der Waals surface area (Å²) in [5, 5.41) is 7.56. The number of allylic oxidation sites excluding steroid dienone is 2. The first kappa shape index (κ1) is 6.20. The van der Waals surface area contributed by atoms with Gasteiger partial charge in [0.15, 0.2) is 0 Å². The van der Waals surface area contributed by atoms with Crippen LogP contribution in [0.15, 0.2) is 21.3 Å². The molecule has 48 valence electrons. The first-order valence-electron chi connectivity index (χ1n) is 3.02. The van der Waals surface area contributed by atoms with Crippen molar-refractivity contribution < 1.29 is 0 Å². The van der Waals surface area contributed by atoms with Gasteiger partial charge in [-0.05, 0) is 19.4 Å². The summed E-state index contributed by atoms with van der Waals surface area (Å²) < 4.78 is 0. The lowest BCUT2D eigenvalue weighted by atomic mass is 10.1. The summed E-state index contributed by atoms with van der Waals surface area (Å²) in [4.78, 5) is 0. The minimum absolute atomic E-state index is 0.936. The van der Waals surface area contributed by atoms with E-state index in [1.807, 2.05) is 13.1 Å². The predicted molar refractivity (Wildman–Crippen MR) is 40.0 cm³/mol. The van der Waals surface area contributed by atoms with Crippen LogP contribution in [0.5, 0.6) is 0 Å². The molecule has 0 unspecified atom stereocenters. The third-order valence-electron chi connectivity index (χ3n) is 1.47. The van der Waals surface area contributed by atoms with Crippen LogP contribution in [0.2, 0.25) is 0 Å². The van der Waals surface area contributed by atoms with E-state index in [4.69, 9.17) is 0 Å². The van der Waals surface area contributed by atoms with Gasteiger partial charge in [-0.1, -0.05) is 5.57 Å². The van der Waals surface area contributed by atoms with Crippen molar-refractivity contribution in [1.82, 2.24) is 0 Å². The Morgan fingerprint density at radius 1 is 1.33 bits per heavy atom. The van der Waals surface area contributed by atoms with Crippen LogP contribution in [0.4, 0.5) is 0 Å². The van der Waals surface area contributed by atoms with E-state index in [0.29, 0.717) is 0 Å². The number of hydrogen-bond acceptors (Lipinski definition) is 2. The minimum atomic E-state index is 0.936. The molecular formula is C7H10N2. The highest BCUT2D eigenvalue weighted by Crippen LogP contribution is 2.06. The van der Waals surface area contributed by atoms with E-state index in [9.17, 15) is 0 Å². The maximum Gasteiger partial charge on any atom is 0.0524 e. The van der Waals surface area contributed by atoms with Gasteiger partial charge >= 0.3 is 0 Å². The van der Waals surface area contributed by atoms with Crippen LogP contribution in [0.1, 0.15) is 20.3 Å². The summed E-state index contributed by atoms with van der Waals surface area (Å²) in [5.74, 6) is 0. The van der Waals surface area contributed by atoms with E-state index in [0.717, 1.165) is 6.42 Å². The van der Waals surface area contributed by atoms with Crippen LogP contribution >= 0.6 is 0 Å². The lowest BCUT2D eigenvalue weighted by molar-refractivity contribution is 1.23. The molecule has 0 saturated carbocycles. The topological polar surface area (TPSA) is 24.7 Å². The molecule has 0 radical (unpaired) electrons. The molecule has 1 heterocycles. The fourth-order valence-electron chi connectivity index (χ4n) is 0.616. The molecule has 0 aromatic carbocycles. The maximum atomic E-state index is 3.79. The zero-order chi connectivity index (χ0) is 6.69. The fraction of sp³-hybridized carbons (Fsp3) is 0.429. The quantitative estimate of drug-likeness (QED) is 0.468. The summed E-state index contributed by atoms with van der Waals surface area (Å²) in [5.41, 5.74) is 2.58. The van der Waals surface area contributed by atoms with Gasteiger partial charge in [0.2, 0.25) is 0 Å². The lowest BCUT2D eigenvalue weighted by Gasteiger charge is -1.93. The van der Waals surface area contributed by atoms with E-state index in [1.54, 1.807) is 6.21 Å². The van der Waals surface area contributed by atoms with Gasteiger partial charge in [-0.2, -0.15) is 10.2 Å². The van der Waals surface area contributed by atoms with Crippen LogP contribution < -0.4 is 0 Å². The normalized spacial score (nSPS) is 18.4. The van der Waals surface area contributed by atoms with Crippen molar-refractivity contribution in [1.29, 1.82) is 0 Å². The highest BCUT2D eigenvalue weighted by atomic mass is 15.2. The Morgan fingerprint density at radius 3 is 2.89 bits per heavy atom. The number of nitrogens with zero attached hydrogens (tertiary/aromatic N) is 2. The van der Waals surface area contributed by atoms with Gasteiger partial charge in [-0.25, -0.2) is 0 Å². The Hall–Kier alpha value is -0.920. The second kappa shape index (κ2) is 2.58. The minimum Gasteiger partial charge on any atom is -0.163 e. The van der Waals surface area contributed by atoms with Gasteiger partial charge in [-0.15, -0.1) is 0 Å². The monoisotopic (exact) mass is 122 g/mol. The third-order valence-corrected chi connectivity index (χ3v) is 1.47. The fourth-order valence-corrected chi connectivity index (χ4v) is 0.616. The molecule has 0 spiro atoms. The zero-order valence-electron chi connectivity index (χ0n) is 5.76. The Morgan fingerprint density at radius 2 is 2.11 bits per heavy atom. The van der Waals surface area contributed by atoms with Gasteiger partial charge in [0.1, 0.15) is 0 Å². The SMILES string of the molecule is CC1=C(C)CC=NN=C1. The molecule has 0 atom stereocenters. The Balaban J connectivity index is 2.85. The highest BCUT2D eigenvalue weighted by Gasteiger charge is 1.93. The average Bonchev–Trinajstić information content (AvgIpc) is 1.99. The van der Waals surface area contributed by atoms with Crippen molar-refractivity contribution in [3.8, 4) is 0 Å². The molecule has 0 fully saturated rings. The molecule has 1 aliphatic heterocycles. The summed E-state index contributed by atoms with van der Waals surface area (Å²) in [7, 11) is 0. The Bertz CT molecular complexity index is 187. The van der Waals surface area contributed by atoms with Crippen molar-refractivity contribution in [2.45, 2.75) is 20.3 Å². The molecule has 0 N–H and O–H groups in total. The summed E-state index contributed by atoms with van der Waals surface area (Å²) >= 11 is 0. The maximum absolute atomic E-state index is 3.79. The van der Waals surface area contributed by atoms with E-state index < -0.39 is 0 Å². The smallest absolute Gasteiger partial charge is 0.0524 e. The van der Waals surface area contributed by atoms with Crippen molar-refractivity contribution in [3.05, 3.63) is 11.1 Å². The van der Waals surface area contributed by atoms with Crippen molar-refractivity contribution in [2.75, 3.05) is 0 Å². The molecule has 2 nitrogen and oxygen atoms in total. The first-order valence-corrected chi connectivity index (χ1v) is 3.02. The second-order valence-corrected chi connectivity index (χ2v) is 2.21. The zero-order valence-corrected chi connectivity index (χ0v) is 5.76. The van der Waals surface area contributed by atoms with Crippen LogP contribution in [0, 0.1) is 0 Å². The van der Waals surface area contributed by atoms with Crippen LogP contribution in [-0.4, -0.2) is 12.4 Å². The standard InChI is InChI=1S/C7H10N2/c1-6-3-4-8-9-5-7(6)2/h4-5H,3H2,1-2H3. The highest BCUT2D eigenvalue weighted by molar-refractivity contribution is 5.81. The molecule has 0 aliphatic carbocycles. The molecule has 9 heavy (non-hydrogen) atoms. The van der Waals surface area contributed by atoms with Gasteiger partial charge < -0.3 is 0 Å². The molecule has 0 aromatic rings. The molecule has 0 saturated heterocycles. The van der Waals surface area contributed by atoms with Gasteiger partial charge in [0.25, 0.3) is 0 Å². The summed E-state index contributed by atoms with van der Waals surface area (Å²) in [6.45, 7) is 4.15. The van der Waals surface area contributed by atoms with E-state index >= 15 is 0 Å². The molecule has 0 amide bonds. The second-order valence-electron chi connectivity index (χ2n) is 2.21. The van der Waals surface area contributed by atoms with Crippen molar-refractivity contribution >= 4 is 12.4 Å². The number of rotatable bonds is 0. The summed E-state index contributed by atoms with van der Waals surface area (Å²) in [6.07, 6.45) is 4.55. The first-order chi connectivity index (χ1) is 4.30. The van der Waals surface area contributed by atoms with Gasteiger partial charge in [-0.3, -0.25) is 0 Å². The van der Waals surface area contributed by atoms with Crippen LogP contribution in [0.3, 0.4) is 0 Å². The Labute approximate surface area is 55.0 Å². The van der Waals surface area contributed by atoms with Crippen LogP contribution in [0.25, 0.3) is 0 Å². The molecule has 0 bridgehead atoms. The molecular weight excluding hydrogens is 112 g/mol. The largest absolute Gasteiger partial charge is 0.163 e.